The molecule has 1 N–H and O–H groups in total. The van der Waals surface area contributed by atoms with Crippen molar-refractivity contribution in [3.63, 3.8) is 0 Å². The summed E-state index contributed by atoms with van der Waals surface area (Å²) in [5.74, 6) is -1.76. The van der Waals surface area contributed by atoms with Crippen LogP contribution in [0.25, 0.3) is 0 Å². The van der Waals surface area contributed by atoms with Gasteiger partial charge in [-0.1, -0.05) is 42.8 Å². The summed E-state index contributed by atoms with van der Waals surface area (Å²) < 4.78 is 0. The minimum Gasteiger partial charge on any atom is -0.324 e. The molecule has 4 atom stereocenters. The molecule has 158 valence electrons. The van der Waals surface area contributed by atoms with Crippen molar-refractivity contribution in [1.29, 1.82) is 0 Å². The van der Waals surface area contributed by atoms with E-state index in [-0.39, 0.29) is 23.8 Å². The third-order valence-electron chi connectivity index (χ3n) is 7.79. The molecule has 3 fully saturated rings. The number of rotatable bonds is 2. The van der Waals surface area contributed by atoms with E-state index in [0.29, 0.717) is 5.69 Å². The van der Waals surface area contributed by atoms with Crippen molar-refractivity contribution >= 4 is 29.1 Å². The second-order valence-electron chi connectivity index (χ2n) is 9.17. The van der Waals surface area contributed by atoms with E-state index in [2.05, 4.69) is 17.1 Å². The van der Waals surface area contributed by atoms with Gasteiger partial charge in [0.2, 0.25) is 17.7 Å². The summed E-state index contributed by atoms with van der Waals surface area (Å²) in [4.78, 5) is 44.8. The van der Waals surface area contributed by atoms with Crippen molar-refractivity contribution < 1.29 is 14.4 Å². The maximum absolute atomic E-state index is 13.9. The zero-order chi connectivity index (χ0) is 21.5. The summed E-state index contributed by atoms with van der Waals surface area (Å²) in [7, 11) is 0. The van der Waals surface area contributed by atoms with Gasteiger partial charge < -0.3 is 5.32 Å². The van der Waals surface area contributed by atoms with Gasteiger partial charge in [-0.2, -0.15) is 0 Å². The fourth-order valence-corrected chi connectivity index (χ4v) is 6.53. The summed E-state index contributed by atoms with van der Waals surface area (Å²) in [6.07, 6.45) is 2.55. The van der Waals surface area contributed by atoms with E-state index >= 15 is 0 Å². The van der Waals surface area contributed by atoms with Gasteiger partial charge in [-0.05, 0) is 50.4 Å². The Morgan fingerprint density at radius 3 is 2.58 bits per heavy atom. The van der Waals surface area contributed by atoms with Crippen molar-refractivity contribution in [1.82, 2.24) is 4.90 Å². The van der Waals surface area contributed by atoms with Gasteiger partial charge in [0, 0.05) is 17.3 Å². The summed E-state index contributed by atoms with van der Waals surface area (Å²) in [5, 5.41) is 3.11. The Morgan fingerprint density at radius 2 is 1.84 bits per heavy atom. The number of hydrogen-bond acceptors (Lipinski definition) is 4. The minimum absolute atomic E-state index is 0.0844. The standard InChI is InChI=1S/C25H25N3O3/c1-3-15-6-4-7-17-21(15)26-24(31)25(17)20-19(18-8-5-13-27(18)25)22(29)28(23(20)30)16-11-9-14(2)10-12-16/h4,6-7,9-12,18-20H,3,5,8,13H2,1-2H3,(H,26,31)/t18-,19+,20-,25+/m0/s1. The fraction of sp³-hybridized carbons (Fsp3) is 0.400. The minimum atomic E-state index is -1.10. The van der Waals surface area contributed by atoms with Crippen LogP contribution >= 0.6 is 0 Å². The Bertz CT molecular complexity index is 1140. The number of hydrogen-bond donors (Lipinski definition) is 1. The third kappa shape index (κ3) is 2.13. The number of benzene rings is 2. The van der Waals surface area contributed by atoms with Gasteiger partial charge in [0.15, 0.2) is 0 Å². The second-order valence-corrected chi connectivity index (χ2v) is 9.17. The zero-order valence-electron chi connectivity index (χ0n) is 17.7. The molecule has 1 spiro atoms. The number of carbonyl (C=O) groups excluding carboxylic acids is 3. The summed E-state index contributed by atoms with van der Waals surface area (Å²) in [6.45, 7) is 4.76. The number of nitrogens with one attached hydrogen (secondary N) is 1. The molecule has 31 heavy (non-hydrogen) atoms. The number of aryl methyl sites for hydroxylation is 2. The van der Waals surface area contributed by atoms with E-state index in [1.165, 1.54) is 4.90 Å². The highest BCUT2D eigenvalue weighted by Crippen LogP contribution is 2.61. The molecule has 0 aromatic heterocycles. The molecule has 2 aromatic carbocycles. The summed E-state index contributed by atoms with van der Waals surface area (Å²) in [5.41, 5.74) is 3.32. The predicted molar refractivity (Wildman–Crippen MR) is 117 cm³/mol. The lowest BCUT2D eigenvalue weighted by atomic mass is 9.75. The van der Waals surface area contributed by atoms with Crippen molar-refractivity contribution in [2.75, 3.05) is 16.8 Å². The van der Waals surface area contributed by atoms with Gasteiger partial charge in [0.05, 0.1) is 17.5 Å². The molecule has 0 saturated carbocycles. The number of carbonyl (C=O) groups is 3. The van der Waals surface area contributed by atoms with E-state index in [0.717, 1.165) is 48.2 Å². The molecular weight excluding hydrogens is 390 g/mol. The summed E-state index contributed by atoms with van der Waals surface area (Å²) in [6, 6.07) is 13.3. The number of nitrogens with zero attached hydrogens (tertiary/aromatic N) is 2. The molecule has 4 aliphatic heterocycles. The van der Waals surface area contributed by atoms with Crippen molar-refractivity contribution in [2.24, 2.45) is 11.8 Å². The van der Waals surface area contributed by atoms with Crippen LogP contribution in [-0.2, 0) is 26.3 Å². The van der Waals surface area contributed by atoms with Crippen LogP contribution in [0.4, 0.5) is 11.4 Å². The summed E-state index contributed by atoms with van der Waals surface area (Å²) >= 11 is 0. The molecular formula is C25H25N3O3. The number of anilines is 2. The molecule has 6 rings (SSSR count). The first-order chi connectivity index (χ1) is 15.0. The Labute approximate surface area is 181 Å². The Kier molecular flexibility index (Phi) is 3.79. The topological polar surface area (TPSA) is 69.7 Å². The molecule has 6 nitrogen and oxygen atoms in total. The fourth-order valence-electron chi connectivity index (χ4n) is 6.53. The van der Waals surface area contributed by atoms with Crippen LogP contribution in [0.2, 0.25) is 0 Å². The molecule has 6 heteroatoms. The number of imide groups is 1. The van der Waals surface area contributed by atoms with Crippen molar-refractivity contribution in [3.8, 4) is 0 Å². The lowest BCUT2D eigenvalue weighted by Crippen LogP contribution is -2.54. The zero-order valence-corrected chi connectivity index (χ0v) is 17.7. The van der Waals surface area contributed by atoms with Crippen molar-refractivity contribution in [2.45, 2.75) is 44.7 Å². The van der Waals surface area contributed by atoms with Crippen LogP contribution in [0.1, 0.15) is 36.5 Å². The van der Waals surface area contributed by atoms with E-state index < -0.39 is 17.4 Å². The van der Waals surface area contributed by atoms with Gasteiger partial charge in [-0.15, -0.1) is 0 Å². The van der Waals surface area contributed by atoms with Gasteiger partial charge in [0.1, 0.15) is 5.54 Å². The Balaban J connectivity index is 1.56. The van der Waals surface area contributed by atoms with Crippen molar-refractivity contribution in [3.05, 3.63) is 59.2 Å². The van der Waals surface area contributed by atoms with Crippen LogP contribution in [0.3, 0.4) is 0 Å². The van der Waals surface area contributed by atoms with E-state index in [4.69, 9.17) is 0 Å². The predicted octanol–water partition coefficient (Wildman–Crippen LogP) is 2.99. The molecule has 4 aliphatic rings. The average molecular weight is 415 g/mol. The molecule has 2 aromatic rings. The monoisotopic (exact) mass is 415 g/mol. The lowest BCUT2D eigenvalue weighted by Gasteiger charge is -2.36. The van der Waals surface area contributed by atoms with Crippen LogP contribution in [0.15, 0.2) is 42.5 Å². The number of fused-ring (bicyclic) bond motifs is 7. The van der Waals surface area contributed by atoms with Crippen LogP contribution < -0.4 is 10.2 Å². The van der Waals surface area contributed by atoms with E-state index in [9.17, 15) is 14.4 Å². The molecule has 0 unspecified atom stereocenters. The maximum atomic E-state index is 13.9. The largest absolute Gasteiger partial charge is 0.324 e. The number of amides is 3. The molecule has 0 radical (unpaired) electrons. The third-order valence-corrected chi connectivity index (χ3v) is 7.79. The number of para-hydroxylation sites is 1. The Hall–Kier alpha value is -2.99. The SMILES string of the molecule is CCc1cccc2c1NC(=O)[C@]21[C@@H]2C(=O)N(c3ccc(C)cc3)C(=O)[C@@H]2[C@@H]2CCCN21. The highest BCUT2D eigenvalue weighted by Gasteiger charge is 2.74. The van der Waals surface area contributed by atoms with Gasteiger partial charge in [0.25, 0.3) is 0 Å². The smallest absolute Gasteiger partial charge is 0.250 e. The lowest BCUT2D eigenvalue weighted by molar-refractivity contribution is -0.135. The first-order valence-electron chi connectivity index (χ1n) is 11.1. The molecule has 0 aliphatic carbocycles. The molecule has 0 bridgehead atoms. The van der Waals surface area contributed by atoms with Crippen LogP contribution in [-0.4, -0.2) is 35.2 Å². The van der Waals surface area contributed by atoms with Gasteiger partial charge >= 0.3 is 0 Å². The molecule has 4 heterocycles. The maximum Gasteiger partial charge on any atom is 0.250 e. The molecule has 3 saturated heterocycles. The Morgan fingerprint density at radius 1 is 1.06 bits per heavy atom. The van der Waals surface area contributed by atoms with E-state index in [1.54, 1.807) is 0 Å². The van der Waals surface area contributed by atoms with Gasteiger partial charge in [-0.25, -0.2) is 4.90 Å². The quantitative estimate of drug-likeness (QED) is 0.766. The van der Waals surface area contributed by atoms with Gasteiger partial charge in [-0.3, -0.25) is 19.3 Å². The highest BCUT2D eigenvalue weighted by molar-refractivity contribution is 6.25. The second kappa shape index (κ2) is 6.26. The highest BCUT2D eigenvalue weighted by atomic mass is 16.2. The first-order valence-corrected chi connectivity index (χ1v) is 11.1. The van der Waals surface area contributed by atoms with Crippen LogP contribution in [0, 0.1) is 18.8 Å². The van der Waals surface area contributed by atoms with Crippen LogP contribution in [0.5, 0.6) is 0 Å². The van der Waals surface area contributed by atoms with E-state index in [1.807, 2.05) is 49.4 Å². The normalized spacial score (nSPS) is 31.4. The first kappa shape index (κ1) is 18.8. The molecule has 3 amide bonds. The average Bonchev–Trinajstić information content (AvgIpc) is 3.47.